The highest BCUT2D eigenvalue weighted by atomic mass is 16.7. The fourth-order valence-electron chi connectivity index (χ4n) is 2.24. The van der Waals surface area contributed by atoms with Gasteiger partial charge in [-0.1, -0.05) is 0 Å². The lowest BCUT2D eigenvalue weighted by Crippen LogP contribution is -2.42. The van der Waals surface area contributed by atoms with E-state index < -0.39 is 18.1 Å². The molecule has 0 unspecified atom stereocenters. The second-order valence-corrected chi connectivity index (χ2v) is 5.17. The number of carbonyl (C=O) groups is 3. The molecule has 3 rings (SSSR count). The Morgan fingerprint density at radius 3 is 2.83 bits per heavy atom. The summed E-state index contributed by atoms with van der Waals surface area (Å²) in [6.07, 6.45) is -1.45. The molecule has 9 heteroatoms. The number of hydrogen-bond acceptors (Lipinski definition) is 7. The van der Waals surface area contributed by atoms with Crippen molar-refractivity contribution >= 4 is 17.9 Å². The van der Waals surface area contributed by atoms with E-state index in [1.54, 1.807) is 25.1 Å². The van der Waals surface area contributed by atoms with E-state index in [0.29, 0.717) is 17.2 Å². The van der Waals surface area contributed by atoms with Gasteiger partial charge in [-0.25, -0.2) is 9.69 Å². The van der Waals surface area contributed by atoms with Crippen molar-refractivity contribution in [3.8, 4) is 17.2 Å². The average Bonchev–Trinajstić information content (AvgIpc) is 3.15. The quantitative estimate of drug-likeness (QED) is 0.795. The summed E-state index contributed by atoms with van der Waals surface area (Å²) in [4.78, 5) is 35.6. The Balaban J connectivity index is 1.46. The summed E-state index contributed by atoms with van der Waals surface area (Å²) >= 11 is 0. The Morgan fingerprint density at radius 2 is 2.08 bits per heavy atom. The minimum absolute atomic E-state index is 0.0557. The van der Waals surface area contributed by atoms with Crippen molar-refractivity contribution in [3.63, 3.8) is 0 Å². The van der Waals surface area contributed by atoms with Gasteiger partial charge in [0.15, 0.2) is 24.2 Å². The molecule has 1 N–H and O–H groups in total. The first-order valence-electron chi connectivity index (χ1n) is 7.36. The van der Waals surface area contributed by atoms with E-state index in [1.165, 1.54) is 0 Å². The van der Waals surface area contributed by atoms with Crippen molar-refractivity contribution in [1.82, 2.24) is 10.2 Å². The number of nitrogens with zero attached hydrogens (tertiary/aromatic N) is 1. The van der Waals surface area contributed by atoms with Gasteiger partial charge >= 0.3 is 6.09 Å². The van der Waals surface area contributed by atoms with Crippen LogP contribution in [0.15, 0.2) is 18.2 Å². The lowest BCUT2D eigenvalue weighted by molar-refractivity contribution is -0.128. The predicted molar refractivity (Wildman–Crippen MR) is 78.7 cm³/mol. The van der Waals surface area contributed by atoms with Crippen molar-refractivity contribution in [2.24, 2.45) is 0 Å². The van der Waals surface area contributed by atoms with Crippen molar-refractivity contribution < 1.29 is 33.3 Å². The summed E-state index contributed by atoms with van der Waals surface area (Å²) in [7, 11) is 0. The Bertz CT molecular complexity index is 660. The number of fused-ring (bicyclic) bond motifs is 1. The number of ether oxygens (including phenoxy) is 4. The predicted octanol–water partition coefficient (Wildman–Crippen LogP) is 0.278. The average molecular weight is 336 g/mol. The molecule has 0 spiro atoms. The van der Waals surface area contributed by atoms with E-state index in [-0.39, 0.29) is 32.4 Å². The fourth-order valence-corrected chi connectivity index (χ4v) is 2.24. The van der Waals surface area contributed by atoms with Crippen LogP contribution in [-0.2, 0) is 14.3 Å². The summed E-state index contributed by atoms with van der Waals surface area (Å²) in [6.45, 7) is 1.67. The minimum atomic E-state index is -0.758. The molecule has 9 nitrogen and oxygen atoms in total. The molecule has 2 heterocycles. The van der Waals surface area contributed by atoms with Gasteiger partial charge in [-0.15, -0.1) is 0 Å². The number of hydrogen-bond donors (Lipinski definition) is 1. The van der Waals surface area contributed by atoms with Crippen LogP contribution in [0, 0.1) is 0 Å². The van der Waals surface area contributed by atoms with Gasteiger partial charge in [0.05, 0.1) is 0 Å². The third kappa shape index (κ3) is 3.34. The fraction of sp³-hybridized carbons (Fsp3) is 0.400. The largest absolute Gasteiger partial charge is 0.481 e. The van der Waals surface area contributed by atoms with Crippen molar-refractivity contribution in [1.29, 1.82) is 0 Å². The number of benzene rings is 1. The van der Waals surface area contributed by atoms with E-state index >= 15 is 0 Å². The maximum Gasteiger partial charge on any atom is 0.417 e. The molecular formula is C15H16N2O7. The molecule has 24 heavy (non-hydrogen) atoms. The van der Waals surface area contributed by atoms with E-state index in [1.807, 2.05) is 0 Å². The maximum absolute atomic E-state index is 12.0. The van der Waals surface area contributed by atoms with Crippen molar-refractivity contribution in [3.05, 3.63) is 18.2 Å². The van der Waals surface area contributed by atoms with Crippen LogP contribution < -0.4 is 19.5 Å². The number of rotatable bonds is 6. The highest BCUT2D eigenvalue weighted by Gasteiger charge is 2.30. The van der Waals surface area contributed by atoms with Gasteiger partial charge in [0.25, 0.3) is 11.8 Å². The lowest BCUT2D eigenvalue weighted by Gasteiger charge is -2.16. The Hall–Kier alpha value is -2.97. The van der Waals surface area contributed by atoms with Gasteiger partial charge in [-0.2, -0.15) is 0 Å². The molecule has 1 atom stereocenters. The normalized spacial score (nSPS) is 16.8. The van der Waals surface area contributed by atoms with E-state index in [9.17, 15) is 14.4 Å². The standard InChI is InChI=1S/C15H16N2O7/c1-9(24-10-2-3-11-12(6-10)23-8-22-11)14(19)16-4-5-17-13(18)7-21-15(17)20/h2-3,6,9H,4-5,7-8H2,1H3,(H,16,19)/t9-/m1/s1. The zero-order valence-electron chi connectivity index (χ0n) is 12.9. The molecule has 128 valence electrons. The minimum Gasteiger partial charge on any atom is -0.481 e. The molecule has 1 aromatic carbocycles. The first-order valence-corrected chi connectivity index (χ1v) is 7.36. The van der Waals surface area contributed by atoms with Gasteiger partial charge in [-0.05, 0) is 19.1 Å². The Kier molecular flexibility index (Phi) is 4.41. The molecule has 2 aliphatic heterocycles. The monoisotopic (exact) mass is 336 g/mol. The van der Waals surface area contributed by atoms with Crippen LogP contribution in [-0.4, -0.2) is 55.4 Å². The van der Waals surface area contributed by atoms with Gasteiger partial charge in [0.1, 0.15) is 5.75 Å². The SMILES string of the molecule is C[C@@H](Oc1ccc2c(c1)OCO2)C(=O)NCCN1C(=O)COC1=O. The zero-order chi connectivity index (χ0) is 17.1. The topological polar surface area (TPSA) is 103 Å². The molecule has 0 saturated carbocycles. The first-order chi connectivity index (χ1) is 11.5. The summed E-state index contributed by atoms with van der Waals surface area (Å²) in [5.41, 5.74) is 0. The number of carbonyl (C=O) groups excluding carboxylic acids is 3. The van der Waals surface area contributed by atoms with Gasteiger partial charge < -0.3 is 24.3 Å². The second kappa shape index (κ2) is 6.65. The summed E-state index contributed by atoms with van der Waals surface area (Å²) in [6, 6.07) is 5.02. The molecular weight excluding hydrogens is 320 g/mol. The zero-order valence-corrected chi connectivity index (χ0v) is 12.9. The Labute approximate surface area is 137 Å². The van der Waals surface area contributed by atoms with Crippen LogP contribution in [0.5, 0.6) is 17.2 Å². The molecule has 0 aromatic heterocycles. The van der Waals surface area contributed by atoms with Gasteiger partial charge in [0, 0.05) is 19.2 Å². The van der Waals surface area contributed by atoms with Gasteiger partial charge in [-0.3, -0.25) is 9.59 Å². The molecule has 1 saturated heterocycles. The molecule has 0 aliphatic carbocycles. The van der Waals surface area contributed by atoms with Crippen LogP contribution in [0.25, 0.3) is 0 Å². The third-order valence-electron chi connectivity index (χ3n) is 3.50. The maximum atomic E-state index is 12.0. The summed E-state index contributed by atoms with van der Waals surface area (Å²) in [5.74, 6) is 0.875. The highest BCUT2D eigenvalue weighted by Crippen LogP contribution is 2.35. The molecule has 1 fully saturated rings. The highest BCUT2D eigenvalue weighted by molar-refractivity contribution is 5.97. The number of nitrogens with one attached hydrogen (secondary N) is 1. The van der Waals surface area contributed by atoms with E-state index in [4.69, 9.17) is 14.2 Å². The van der Waals surface area contributed by atoms with Gasteiger partial charge in [0.2, 0.25) is 6.79 Å². The van der Waals surface area contributed by atoms with Crippen LogP contribution in [0.4, 0.5) is 4.79 Å². The summed E-state index contributed by atoms with van der Waals surface area (Å²) in [5, 5.41) is 2.60. The molecule has 0 radical (unpaired) electrons. The smallest absolute Gasteiger partial charge is 0.417 e. The van der Waals surface area contributed by atoms with Crippen LogP contribution in [0.3, 0.4) is 0 Å². The second-order valence-electron chi connectivity index (χ2n) is 5.17. The molecule has 1 aromatic rings. The number of amides is 3. The van der Waals surface area contributed by atoms with Crippen LogP contribution in [0.1, 0.15) is 6.92 Å². The third-order valence-corrected chi connectivity index (χ3v) is 3.50. The Morgan fingerprint density at radius 1 is 1.29 bits per heavy atom. The van der Waals surface area contributed by atoms with E-state index in [0.717, 1.165) is 4.90 Å². The molecule has 2 aliphatic rings. The van der Waals surface area contributed by atoms with E-state index in [2.05, 4.69) is 10.1 Å². The molecule has 3 amide bonds. The van der Waals surface area contributed by atoms with Crippen LogP contribution in [0.2, 0.25) is 0 Å². The number of cyclic esters (lactones) is 1. The van der Waals surface area contributed by atoms with Crippen molar-refractivity contribution in [2.45, 2.75) is 13.0 Å². The first kappa shape index (κ1) is 15.9. The lowest BCUT2D eigenvalue weighted by atomic mass is 10.3. The summed E-state index contributed by atoms with van der Waals surface area (Å²) < 4.78 is 20.6. The van der Waals surface area contributed by atoms with Crippen LogP contribution >= 0.6 is 0 Å². The number of imide groups is 1. The molecule has 0 bridgehead atoms. The van der Waals surface area contributed by atoms with Crippen molar-refractivity contribution in [2.75, 3.05) is 26.5 Å².